The number of carbonyl (C=O) groups excluding carboxylic acids is 1. The van der Waals surface area contributed by atoms with Crippen LogP contribution >= 0.6 is 11.3 Å². The minimum absolute atomic E-state index is 0.137. The summed E-state index contributed by atoms with van der Waals surface area (Å²) in [7, 11) is 0. The largest absolute Gasteiger partial charge is 0.454 e. The molecule has 1 aliphatic carbocycles. The fourth-order valence-corrected chi connectivity index (χ4v) is 5.28. The van der Waals surface area contributed by atoms with E-state index in [1.165, 1.54) is 4.88 Å². The quantitative estimate of drug-likeness (QED) is 0.633. The Morgan fingerprint density at radius 2 is 2.03 bits per heavy atom. The number of nitrogens with one attached hydrogen (secondary N) is 1. The molecule has 1 aliphatic rings. The standard InChI is InChI=1S/C23H26N2O3S/c1-13-10-11-16-17(12-13)29-21-18(16)20(26)24-19(25-21)14(2)28-22(27)23(3,4)15-8-6-5-7-9-15/h5-9,13-14H,10-12H2,1-4H3,(H,24,25,26)/t13-,14-/m1/s1. The lowest BCUT2D eigenvalue weighted by Gasteiger charge is -2.25. The number of aromatic amines is 1. The highest BCUT2D eigenvalue weighted by Gasteiger charge is 2.33. The lowest BCUT2D eigenvalue weighted by Crippen LogP contribution is -2.32. The number of H-pyrrole nitrogens is 1. The molecule has 0 saturated heterocycles. The van der Waals surface area contributed by atoms with E-state index in [2.05, 4.69) is 16.9 Å². The molecule has 0 bridgehead atoms. The van der Waals surface area contributed by atoms with Crippen molar-refractivity contribution in [3.05, 3.63) is 62.5 Å². The number of hydrogen-bond acceptors (Lipinski definition) is 5. The summed E-state index contributed by atoms with van der Waals surface area (Å²) < 4.78 is 5.71. The van der Waals surface area contributed by atoms with E-state index in [1.54, 1.807) is 18.3 Å². The van der Waals surface area contributed by atoms with Crippen LogP contribution in [0.15, 0.2) is 35.1 Å². The molecular formula is C23H26N2O3S. The molecule has 0 saturated carbocycles. The lowest BCUT2D eigenvalue weighted by molar-refractivity contribution is -0.154. The van der Waals surface area contributed by atoms with Crippen LogP contribution in [0.5, 0.6) is 0 Å². The second-order valence-corrected chi connectivity index (χ2v) is 9.61. The van der Waals surface area contributed by atoms with Gasteiger partial charge in [0, 0.05) is 4.88 Å². The molecule has 0 spiro atoms. The van der Waals surface area contributed by atoms with E-state index in [4.69, 9.17) is 4.74 Å². The van der Waals surface area contributed by atoms with Crippen molar-refractivity contribution in [1.82, 2.24) is 9.97 Å². The molecule has 6 heteroatoms. The molecule has 2 heterocycles. The van der Waals surface area contributed by atoms with Gasteiger partial charge in [-0.3, -0.25) is 9.59 Å². The zero-order chi connectivity index (χ0) is 20.8. The van der Waals surface area contributed by atoms with Crippen molar-refractivity contribution in [2.24, 2.45) is 5.92 Å². The molecule has 0 fully saturated rings. The van der Waals surface area contributed by atoms with Crippen molar-refractivity contribution in [3.8, 4) is 0 Å². The third-order valence-corrected chi connectivity index (χ3v) is 7.01. The Morgan fingerprint density at radius 1 is 1.31 bits per heavy atom. The Labute approximate surface area is 174 Å². The second kappa shape index (κ2) is 7.41. The summed E-state index contributed by atoms with van der Waals surface area (Å²) in [5.74, 6) is 0.679. The summed E-state index contributed by atoms with van der Waals surface area (Å²) >= 11 is 1.60. The van der Waals surface area contributed by atoms with Gasteiger partial charge in [-0.15, -0.1) is 11.3 Å². The van der Waals surface area contributed by atoms with Crippen molar-refractivity contribution >= 4 is 27.5 Å². The first-order valence-corrected chi connectivity index (χ1v) is 10.9. The van der Waals surface area contributed by atoms with Crippen LogP contribution in [0.2, 0.25) is 0 Å². The highest BCUT2D eigenvalue weighted by molar-refractivity contribution is 7.18. The normalized spacial score (nSPS) is 17.7. The number of rotatable bonds is 4. The summed E-state index contributed by atoms with van der Waals surface area (Å²) in [4.78, 5) is 35.2. The van der Waals surface area contributed by atoms with Gasteiger partial charge in [-0.05, 0) is 57.1 Å². The first-order chi connectivity index (χ1) is 13.8. The molecule has 0 aliphatic heterocycles. The Morgan fingerprint density at radius 3 is 2.76 bits per heavy atom. The Bertz CT molecular complexity index is 1110. The molecule has 0 unspecified atom stereocenters. The number of aromatic nitrogens is 2. The van der Waals surface area contributed by atoms with E-state index in [9.17, 15) is 9.59 Å². The second-order valence-electron chi connectivity index (χ2n) is 8.52. The van der Waals surface area contributed by atoms with E-state index in [-0.39, 0.29) is 11.5 Å². The summed E-state index contributed by atoms with van der Waals surface area (Å²) in [6.45, 7) is 7.67. The first-order valence-electron chi connectivity index (χ1n) is 10.1. The lowest BCUT2D eigenvalue weighted by atomic mass is 9.85. The van der Waals surface area contributed by atoms with E-state index in [0.717, 1.165) is 35.2 Å². The minimum atomic E-state index is -0.794. The van der Waals surface area contributed by atoms with Gasteiger partial charge in [0.05, 0.1) is 10.8 Å². The molecule has 1 N–H and O–H groups in total. The summed E-state index contributed by atoms with van der Waals surface area (Å²) in [6.07, 6.45) is 2.39. The van der Waals surface area contributed by atoms with Gasteiger partial charge in [-0.25, -0.2) is 4.98 Å². The van der Waals surface area contributed by atoms with Crippen molar-refractivity contribution in [2.45, 2.75) is 58.5 Å². The average molecular weight is 411 g/mol. The van der Waals surface area contributed by atoms with Gasteiger partial charge in [0.1, 0.15) is 4.83 Å². The van der Waals surface area contributed by atoms with Gasteiger partial charge >= 0.3 is 5.97 Å². The molecule has 2 aromatic heterocycles. The third-order valence-electron chi connectivity index (χ3n) is 5.86. The first kappa shape index (κ1) is 19.8. The summed E-state index contributed by atoms with van der Waals surface area (Å²) in [5.41, 5.74) is 1.10. The number of benzene rings is 1. The summed E-state index contributed by atoms with van der Waals surface area (Å²) in [6, 6.07) is 9.55. The smallest absolute Gasteiger partial charge is 0.316 e. The van der Waals surface area contributed by atoms with Crippen LogP contribution in [0, 0.1) is 5.92 Å². The van der Waals surface area contributed by atoms with E-state index in [0.29, 0.717) is 17.1 Å². The zero-order valence-electron chi connectivity index (χ0n) is 17.2. The third kappa shape index (κ3) is 3.62. The molecule has 0 radical (unpaired) electrons. The predicted octanol–water partition coefficient (Wildman–Crippen LogP) is 4.69. The molecule has 3 aromatic rings. The van der Waals surface area contributed by atoms with Crippen LogP contribution in [0.25, 0.3) is 10.2 Å². The van der Waals surface area contributed by atoms with E-state index in [1.807, 2.05) is 44.2 Å². The Hall–Kier alpha value is -2.47. The fraction of sp³-hybridized carbons (Fsp3) is 0.435. The monoisotopic (exact) mass is 410 g/mol. The van der Waals surface area contributed by atoms with Crippen LogP contribution in [0.3, 0.4) is 0 Å². The van der Waals surface area contributed by atoms with Gasteiger partial charge in [-0.1, -0.05) is 37.3 Å². The molecule has 5 nitrogen and oxygen atoms in total. The number of esters is 1. The maximum absolute atomic E-state index is 12.9. The highest BCUT2D eigenvalue weighted by Crippen LogP contribution is 2.36. The van der Waals surface area contributed by atoms with Crippen LogP contribution < -0.4 is 5.56 Å². The molecule has 4 rings (SSSR count). The Balaban J connectivity index is 1.61. The number of carbonyl (C=O) groups is 1. The minimum Gasteiger partial charge on any atom is -0.454 e. The molecule has 29 heavy (non-hydrogen) atoms. The fourth-order valence-electron chi connectivity index (χ4n) is 3.89. The van der Waals surface area contributed by atoms with Crippen molar-refractivity contribution < 1.29 is 9.53 Å². The maximum Gasteiger partial charge on any atom is 0.316 e. The van der Waals surface area contributed by atoms with Crippen LogP contribution in [-0.4, -0.2) is 15.9 Å². The van der Waals surface area contributed by atoms with Crippen LogP contribution in [0.4, 0.5) is 0 Å². The molecule has 152 valence electrons. The number of thiophene rings is 1. The van der Waals surface area contributed by atoms with Crippen molar-refractivity contribution in [3.63, 3.8) is 0 Å². The van der Waals surface area contributed by atoms with Gasteiger partial charge in [0.2, 0.25) is 0 Å². The average Bonchev–Trinajstić information content (AvgIpc) is 3.06. The molecule has 0 amide bonds. The van der Waals surface area contributed by atoms with Gasteiger partial charge in [-0.2, -0.15) is 0 Å². The van der Waals surface area contributed by atoms with Crippen LogP contribution in [-0.2, 0) is 27.8 Å². The molecule has 1 aromatic carbocycles. The summed E-state index contributed by atoms with van der Waals surface area (Å²) in [5, 5.41) is 0.712. The number of nitrogens with zero attached hydrogens (tertiary/aromatic N) is 1. The zero-order valence-corrected chi connectivity index (χ0v) is 18.1. The van der Waals surface area contributed by atoms with Crippen LogP contribution in [0.1, 0.15) is 62.0 Å². The van der Waals surface area contributed by atoms with Gasteiger partial charge < -0.3 is 9.72 Å². The van der Waals surface area contributed by atoms with Crippen molar-refractivity contribution in [2.75, 3.05) is 0 Å². The van der Waals surface area contributed by atoms with Gasteiger partial charge in [0.15, 0.2) is 11.9 Å². The number of fused-ring (bicyclic) bond motifs is 3. The number of aryl methyl sites for hydroxylation is 1. The number of hydrogen-bond donors (Lipinski definition) is 1. The van der Waals surface area contributed by atoms with Gasteiger partial charge in [0.25, 0.3) is 5.56 Å². The predicted molar refractivity (Wildman–Crippen MR) is 115 cm³/mol. The van der Waals surface area contributed by atoms with E-state index >= 15 is 0 Å². The molecule has 2 atom stereocenters. The molecular weight excluding hydrogens is 384 g/mol. The SMILES string of the molecule is C[C@@H]1CCc2c(sc3nc([C@@H](C)OC(=O)C(C)(C)c4ccccc4)[nH]c(=O)c23)C1. The number of ether oxygens (including phenoxy) is 1. The Kier molecular flexibility index (Phi) is 5.07. The highest BCUT2D eigenvalue weighted by atomic mass is 32.1. The topological polar surface area (TPSA) is 72.0 Å². The maximum atomic E-state index is 12.9. The van der Waals surface area contributed by atoms with Crippen molar-refractivity contribution in [1.29, 1.82) is 0 Å². The van der Waals surface area contributed by atoms with E-state index < -0.39 is 11.5 Å².